The van der Waals surface area contributed by atoms with E-state index in [2.05, 4.69) is 34.0 Å². The van der Waals surface area contributed by atoms with Crippen LogP contribution < -0.4 is 10.1 Å². The van der Waals surface area contributed by atoms with Gasteiger partial charge in [-0.3, -0.25) is 0 Å². The van der Waals surface area contributed by atoms with Crippen LogP contribution in [0.1, 0.15) is 26.7 Å². The molecule has 7 nitrogen and oxygen atoms in total. The summed E-state index contributed by atoms with van der Waals surface area (Å²) in [5, 5.41) is 4.20. The lowest BCUT2D eigenvalue weighted by atomic mass is 9.99. The van der Waals surface area contributed by atoms with Crippen LogP contribution in [-0.4, -0.2) is 60.4 Å². The first-order valence-corrected chi connectivity index (χ1v) is 13.0. The summed E-state index contributed by atoms with van der Waals surface area (Å²) in [6, 6.07) is 14.9. The Morgan fingerprint density at radius 3 is 2.65 bits per heavy atom. The van der Waals surface area contributed by atoms with Crippen LogP contribution in [0, 0.1) is 5.82 Å². The van der Waals surface area contributed by atoms with Gasteiger partial charge in [0.15, 0.2) is 11.6 Å². The molecule has 1 aliphatic heterocycles. The standard InChI is InChI=1S/C29H33FN4O3/c1-3-34(4-2)14-16-36-24-13-12-21(17-23(24)30)27-25(20-9-6-5-7-10-20)26-28(32-19-33-29(26)37-27)31-18-22-11-8-15-35-22/h5-7,9-10,12-13,17,19,22H,3-4,8,11,14-16,18H2,1-2H3,(H,31,32,33)/t22-/m0/s1. The van der Waals surface area contributed by atoms with Crippen molar-refractivity contribution < 1.29 is 18.3 Å². The summed E-state index contributed by atoms with van der Waals surface area (Å²) in [5.74, 6) is 1.01. The minimum absolute atomic E-state index is 0.153. The molecule has 2 aromatic heterocycles. The van der Waals surface area contributed by atoms with Crippen LogP contribution in [0.15, 0.2) is 59.3 Å². The predicted octanol–water partition coefficient (Wildman–Crippen LogP) is 6.01. The molecule has 0 unspecified atom stereocenters. The molecular weight excluding hydrogens is 471 g/mol. The fourth-order valence-electron chi connectivity index (χ4n) is 4.75. The number of nitrogens with zero attached hydrogens (tertiary/aromatic N) is 3. The number of aromatic nitrogens is 2. The van der Waals surface area contributed by atoms with Crippen molar-refractivity contribution in [3.05, 3.63) is 60.7 Å². The molecule has 5 rings (SSSR count). The Balaban J connectivity index is 1.49. The van der Waals surface area contributed by atoms with Gasteiger partial charge in [-0.05, 0) is 49.7 Å². The summed E-state index contributed by atoms with van der Waals surface area (Å²) >= 11 is 0. The third kappa shape index (κ3) is 5.60. The molecule has 1 N–H and O–H groups in total. The van der Waals surface area contributed by atoms with Crippen LogP contribution in [0.4, 0.5) is 10.2 Å². The molecule has 37 heavy (non-hydrogen) atoms. The Morgan fingerprint density at radius 1 is 1.08 bits per heavy atom. The summed E-state index contributed by atoms with van der Waals surface area (Å²) in [6.45, 7) is 8.68. The molecule has 2 aromatic carbocycles. The molecule has 4 aromatic rings. The van der Waals surface area contributed by atoms with Gasteiger partial charge in [0.1, 0.15) is 24.5 Å². The van der Waals surface area contributed by atoms with E-state index >= 15 is 4.39 Å². The van der Waals surface area contributed by atoms with Crippen LogP contribution >= 0.6 is 0 Å². The van der Waals surface area contributed by atoms with E-state index in [-0.39, 0.29) is 11.9 Å². The van der Waals surface area contributed by atoms with Gasteiger partial charge in [-0.1, -0.05) is 44.2 Å². The highest BCUT2D eigenvalue weighted by Gasteiger charge is 2.24. The Bertz CT molecular complexity index is 1320. The maximum Gasteiger partial charge on any atom is 0.232 e. The maximum atomic E-state index is 15.2. The van der Waals surface area contributed by atoms with Crippen molar-refractivity contribution in [1.29, 1.82) is 0 Å². The fraction of sp³-hybridized carbons (Fsp3) is 0.379. The second kappa shape index (κ2) is 11.7. The molecule has 194 valence electrons. The van der Waals surface area contributed by atoms with Gasteiger partial charge in [0.2, 0.25) is 5.71 Å². The number of halogens is 1. The minimum Gasteiger partial charge on any atom is -0.489 e. The van der Waals surface area contributed by atoms with E-state index < -0.39 is 5.82 Å². The van der Waals surface area contributed by atoms with Gasteiger partial charge in [0.05, 0.1) is 11.5 Å². The van der Waals surface area contributed by atoms with Crippen LogP contribution in [0.5, 0.6) is 5.75 Å². The van der Waals surface area contributed by atoms with E-state index in [4.69, 9.17) is 13.9 Å². The van der Waals surface area contributed by atoms with Crippen molar-refractivity contribution in [2.75, 3.05) is 44.7 Å². The molecular formula is C29H33FN4O3. The smallest absolute Gasteiger partial charge is 0.232 e. The minimum atomic E-state index is -0.431. The summed E-state index contributed by atoms with van der Waals surface area (Å²) < 4.78 is 32.9. The van der Waals surface area contributed by atoms with Crippen molar-refractivity contribution in [3.63, 3.8) is 0 Å². The zero-order chi connectivity index (χ0) is 25.6. The number of anilines is 1. The van der Waals surface area contributed by atoms with Crippen molar-refractivity contribution in [3.8, 4) is 28.2 Å². The number of hydrogen-bond acceptors (Lipinski definition) is 7. The molecule has 1 fully saturated rings. The molecule has 3 heterocycles. The quantitative estimate of drug-likeness (QED) is 0.268. The summed E-state index contributed by atoms with van der Waals surface area (Å²) in [4.78, 5) is 11.1. The van der Waals surface area contributed by atoms with Gasteiger partial charge in [-0.25, -0.2) is 14.4 Å². The molecule has 1 saturated heterocycles. The fourth-order valence-corrected chi connectivity index (χ4v) is 4.75. The molecule has 0 radical (unpaired) electrons. The molecule has 0 aliphatic carbocycles. The van der Waals surface area contributed by atoms with E-state index in [0.29, 0.717) is 36.0 Å². The van der Waals surface area contributed by atoms with Crippen LogP contribution in [-0.2, 0) is 4.74 Å². The molecule has 1 atom stereocenters. The third-order valence-corrected chi connectivity index (χ3v) is 6.83. The molecule has 0 saturated carbocycles. The number of fused-ring (bicyclic) bond motifs is 1. The molecule has 1 aliphatic rings. The lowest BCUT2D eigenvalue weighted by Gasteiger charge is -2.18. The molecule has 0 amide bonds. The average molecular weight is 505 g/mol. The van der Waals surface area contributed by atoms with E-state index in [0.717, 1.165) is 55.6 Å². The van der Waals surface area contributed by atoms with Crippen LogP contribution in [0.2, 0.25) is 0 Å². The largest absolute Gasteiger partial charge is 0.489 e. The number of hydrogen-bond donors (Lipinski definition) is 1. The lowest BCUT2D eigenvalue weighted by molar-refractivity contribution is 0.120. The Labute approximate surface area is 216 Å². The average Bonchev–Trinajstić information content (AvgIpc) is 3.59. The Hall–Kier alpha value is -3.49. The number of benzene rings is 2. The van der Waals surface area contributed by atoms with Gasteiger partial charge in [-0.2, -0.15) is 0 Å². The summed E-state index contributed by atoms with van der Waals surface area (Å²) in [6.07, 6.45) is 3.72. The van der Waals surface area contributed by atoms with E-state index in [1.165, 1.54) is 12.4 Å². The number of ether oxygens (including phenoxy) is 2. The normalized spacial score (nSPS) is 15.5. The van der Waals surface area contributed by atoms with Gasteiger partial charge in [0.25, 0.3) is 0 Å². The monoisotopic (exact) mass is 504 g/mol. The lowest BCUT2D eigenvalue weighted by Crippen LogP contribution is -2.28. The number of nitrogens with one attached hydrogen (secondary N) is 1. The van der Waals surface area contributed by atoms with Crippen molar-refractivity contribution in [2.45, 2.75) is 32.8 Å². The SMILES string of the molecule is CCN(CC)CCOc1ccc(-c2oc3ncnc(NC[C@@H]4CCCO4)c3c2-c2ccccc2)cc1F. The molecule has 0 spiro atoms. The van der Waals surface area contributed by atoms with Crippen LogP contribution in [0.3, 0.4) is 0 Å². The van der Waals surface area contributed by atoms with E-state index in [1.807, 2.05) is 36.4 Å². The van der Waals surface area contributed by atoms with Gasteiger partial charge in [0, 0.05) is 30.8 Å². The predicted molar refractivity (Wildman–Crippen MR) is 143 cm³/mol. The number of likely N-dealkylation sites (N-methyl/N-ethyl adjacent to an activating group) is 1. The zero-order valence-corrected chi connectivity index (χ0v) is 21.4. The van der Waals surface area contributed by atoms with Crippen LogP contribution in [0.25, 0.3) is 33.6 Å². The second-order valence-electron chi connectivity index (χ2n) is 9.11. The van der Waals surface area contributed by atoms with Crippen molar-refractivity contribution >= 4 is 16.9 Å². The first-order valence-electron chi connectivity index (χ1n) is 13.0. The van der Waals surface area contributed by atoms with Gasteiger partial charge >= 0.3 is 0 Å². The highest BCUT2D eigenvalue weighted by atomic mass is 19.1. The first-order chi connectivity index (χ1) is 18.2. The zero-order valence-electron chi connectivity index (χ0n) is 21.4. The molecule has 0 bridgehead atoms. The molecule has 8 heteroatoms. The maximum absolute atomic E-state index is 15.2. The third-order valence-electron chi connectivity index (χ3n) is 6.83. The summed E-state index contributed by atoms with van der Waals surface area (Å²) in [5.41, 5.74) is 2.81. The Kier molecular flexibility index (Phi) is 7.96. The second-order valence-corrected chi connectivity index (χ2v) is 9.11. The van der Waals surface area contributed by atoms with Crippen molar-refractivity contribution in [2.24, 2.45) is 0 Å². The van der Waals surface area contributed by atoms with Gasteiger partial charge in [-0.15, -0.1) is 0 Å². The number of rotatable bonds is 11. The first kappa shape index (κ1) is 25.2. The topological polar surface area (TPSA) is 72.7 Å². The Morgan fingerprint density at radius 2 is 1.92 bits per heavy atom. The highest BCUT2D eigenvalue weighted by molar-refractivity contribution is 6.05. The number of furan rings is 1. The highest BCUT2D eigenvalue weighted by Crippen LogP contribution is 2.43. The van der Waals surface area contributed by atoms with E-state index in [1.54, 1.807) is 6.07 Å². The summed E-state index contributed by atoms with van der Waals surface area (Å²) in [7, 11) is 0. The van der Waals surface area contributed by atoms with E-state index in [9.17, 15) is 0 Å². The van der Waals surface area contributed by atoms with Crippen molar-refractivity contribution in [1.82, 2.24) is 14.9 Å². The van der Waals surface area contributed by atoms with Gasteiger partial charge < -0.3 is 24.1 Å².